The van der Waals surface area contributed by atoms with Crippen molar-refractivity contribution in [1.82, 2.24) is 24.4 Å². The van der Waals surface area contributed by atoms with E-state index in [0.29, 0.717) is 48.7 Å². The Balaban J connectivity index is 1.40. The predicted molar refractivity (Wildman–Crippen MR) is 91.4 cm³/mol. The molecule has 0 radical (unpaired) electrons. The number of hydrogen-bond donors (Lipinski definition) is 1. The van der Waals surface area contributed by atoms with Crippen molar-refractivity contribution in [2.24, 2.45) is 5.92 Å². The minimum atomic E-state index is -4.41. The maximum absolute atomic E-state index is 13.8. The maximum atomic E-state index is 13.8. The van der Waals surface area contributed by atoms with Crippen LogP contribution in [0.2, 0.25) is 0 Å². The number of nitrogens with one attached hydrogen (secondary N) is 1. The summed E-state index contributed by atoms with van der Waals surface area (Å²) in [7, 11) is 1.92. The Morgan fingerprint density at radius 3 is 2.85 bits per heavy atom. The Morgan fingerprint density at radius 2 is 2.11 bits per heavy atom. The van der Waals surface area contributed by atoms with Gasteiger partial charge in [0, 0.05) is 25.7 Å². The van der Waals surface area contributed by atoms with Gasteiger partial charge in [-0.05, 0) is 31.5 Å². The van der Waals surface area contributed by atoms with Crippen LogP contribution in [0.5, 0.6) is 0 Å². The molecule has 0 saturated carbocycles. The predicted octanol–water partition coefficient (Wildman–Crippen LogP) is 3.61. The van der Waals surface area contributed by atoms with Gasteiger partial charge in [-0.1, -0.05) is 6.07 Å². The number of benzene rings is 1. The summed E-state index contributed by atoms with van der Waals surface area (Å²) < 4.78 is 53.8. The van der Waals surface area contributed by atoms with Gasteiger partial charge in [-0.15, -0.1) is 0 Å². The molecule has 1 aliphatic rings. The van der Waals surface area contributed by atoms with E-state index >= 15 is 0 Å². The van der Waals surface area contributed by atoms with E-state index in [1.54, 1.807) is 16.7 Å². The monoisotopic (exact) mass is 381 g/mol. The van der Waals surface area contributed by atoms with E-state index in [1.165, 1.54) is 6.07 Å². The van der Waals surface area contributed by atoms with Gasteiger partial charge in [0.15, 0.2) is 11.5 Å². The second-order valence-electron chi connectivity index (χ2n) is 7.11. The van der Waals surface area contributed by atoms with Crippen LogP contribution in [0.1, 0.15) is 23.8 Å². The van der Waals surface area contributed by atoms with Crippen molar-refractivity contribution in [1.29, 1.82) is 0 Å². The highest BCUT2D eigenvalue weighted by atomic mass is 19.4. The molecule has 2 aromatic heterocycles. The highest BCUT2D eigenvalue weighted by molar-refractivity contribution is 5.75. The molecule has 3 heterocycles. The third-order valence-electron chi connectivity index (χ3n) is 4.88. The molecule has 0 aliphatic carbocycles. The fraction of sp³-hybridized carbons (Fsp3) is 0.444. The molecular weight excluding hydrogens is 362 g/mol. The standard InChI is InChI=1S/C18H19F4N5/c1-26(10-15-23-13-4-2-3-12(19)17(13)25-15)7-11-5-6-16-24-14(18(20,21)22)9-27(16)8-11/h2-4,9,11H,5-8,10H2,1H3,(H,23,25)/t11-/m1/s1. The van der Waals surface area contributed by atoms with Gasteiger partial charge < -0.3 is 9.55 Å². The van der Waals surface area contributed by atoms with Crippen molar-refractivity contribution >= 4 is 11.0 Å². The van der Waals surface area contributed by atoms with Crippen molar-refractivity contribution in [3.8, 4) is 0 Å². The lowest BCUT2D eigenvalue weighted by molar-refractivity contribution is -0.141. The van der Waals surface area contributed by atoms with E-state index in [1.807, 2.05) is 11.9 Å². The minimum absolute atomic E-state index is 0.221. The highest BCUT2D eigenvalue weighted by Gasteiger charge is 2.35. The molecule has 0 fully saturated rings. The van der Waals surface area contributed by atoms with Gasteiger partial charge in [0.1, 0.15) is 17.2 Å². The summed E-state index contributed by atoms with van der Waals surface area (Å²) in [5.41, 5.74) is 0.149. The van der Waals surface area contributed by atoms with Crippen molar-refractivity contribution in [3.63, 3.8) is 0 Å². The number of fused-ring (bicyclic) bond motifs is 2. The van der Waals surface area contributed by atoms with Gasteiger partial charge in [0.25, 0.3) is 0 Å². The highest BCUT2D eigenvalue weighted by Crippen LogP contribution is 2.30. The number of aromatic amines is 1. The molecule has 1 atom stereocenters. The van der Waals surface area contributed by atoms with Crippen LogP contribution in [-0.4, -0.2) is 38.0 Å². The molecule has 144 valence electrons. The molecule has 5 nitrogen and oxygen atoms in total. The second kappa shape index (κ2) is 6.63. The van der Waals surface area contributed by atoms with Crippen LogP contribution in [-0.2, 0) is 25.7 Å². The maximum Gasteiger partial charge on any atom is 0.434 e. The Bertz CT molecular complexity index is 958. The first kappa shape index (κ1) is 18.0. The van der Waals surface area contributed by atoms with E-state index in [2.05, 4.69) is 15.0 Å². The SMILES string of the molecule is CN(Cc1nc2c(F)cccc2[nH]1)C[C@H]1CCc2nc(C(F)(F)F)cn2C1. The average Bonchev–Trinajstić information content (AvgIpc) is 3.18. The number of aryl methyl sites for hydroxylation is 1. The number of para-hydroxylation sites is 1. The van der Waals surface area contributed by atoms with Crippen molar-refractivity contribution in [3.05, 3.63) is 47.6 Å². The Labute approximate surface area is 153 Å². The van der Waals surface area contributed by atoms with Gasteiger partial charge in [0.2, 0.25) is 0 Å². The fourth-order valence-corrected chi connectivity index (χ4v) is 3.68. The van der Waals surface area contributed by atoms with Gasteiger partial charge in [-0.3, -0.25) is 4.90 Å². The van der Waals surface area contributed by atoms with Gasteiger partial charge in [-0.25, -0.2) is 14.4 Å². The Kier molecular flexibility index (Phi) is 4.41. The fourth-order valence-electron chi connectivity index (χ4n) is 3.68. The summed E-state index contributed by atoms with van der Waals surface area (Å²) in [6, 6.07) is 4.77. The van der Waals surface area contributed by atoms with E-state index in [9.17, 15) is 17.6 Å². The summed E-state index contributed by atoms with van der Waals surface area (Å²) in [5, 5.41) is 0. The van der Waals surface area contributed by atoms with Crippen LogP contribution in [0.3, 0.4) is 0 Å². The molecule has 9 heteroatoms. The molecule has 0 bridgehead atoms. The smallest absolute Gasteiger partial charge is 0.341 e. The Morgan fingerprint density at radius 1 is 1.30 bits per heavy atom. The number of H-pyrrole nitrogens is 1. The Hall–Kier alpha value is -2.42. The van der Waals surface area contributed by atoms with Gasteiger partial charge >= 0.3 is 6.18 Å². The number of aromatic nitrogens is 4. The molecule has 0 spiro atoms. The number of hydrogen-bond acceptors (Lipinski definition) is 3. The van der Waals surface area contributed by atoms with Crippen LogP contribution in [0, 0.1) is 11.7 Å². The average molecular weight is 381 g/mol. The summed E-state index contributed by atoms with van der Waals surface area (Å²) in [6.07, 6.45) is -1.99. The zero-order chi connectivity index (χ0) is 19.2. The van der Waals surface area contributed by atoms with Gasteiger partial charge in [0.05, 0.1) is 12.1 Å². The molecule has 3 aromatic rings. The number of imidazole rings is 2. The number of rotatable bonds is 4. The van der Waals surface area contributed by atoms with Crippen LogP contribution < -0.4 is 0 Å². The van der Waals surface area contributed by atoms with Crippen LogP contribution in [0.25, 0.3) is 11.0 Å². The van der Waals surface area contributed by atoms with Gasteiger partial charge in [-0.2, -0.15) is 13.2 Å². The molecule has 1 aromatic carbocycles. The van der Waals surface area contributed by atoms with Crippen molar-refractivity contribution in [2.75, 3.05) is 13.6 Å². The molecule has 0 amide bonds. The first-order valence-electron chi connectivity index (χ1n) is 8.74. The number of nitrogens with zero attached hydrogens (tertiary/aromatic N) is 4. The summed E-state index contributed by atoms with van der Waals surface area (Å²) in [5.74, 6) is 1.02. The number of alkyl halides is 3. The third kappa shape index (κ3) is 3.69. The zero-order valence-electron chi connectivity index (χ0n) is 14.7. The molecule has 4 rings (SSSR count). The molecule has 1 N–H and O–H groups in total. The summed E-state index contributed by atoms with van der Waals surface area (Å²) >= 11 is 0. The zero-order valence-corrected chi connectivity index (χ0v) is 14.7. The second-order valence-corrected chi connectivity index (χ2v) is 7.11. The number of halogens is 4. The molecular formula is C18H19F4N5. The lowest BCUT2D eigenvalue weighted by Crippen LogP contribution is -2.31. The normalized spacial score (nSPS) is 17.6. The largest absolute Gasteiger partial charge is 0.434 e. The topological polar surface area (TPSA) is 49.7 Å². The first-order valence-corrected chi connectivity index (χ1v) is 8.74. The first-order chi connectivity index (χ1) is 12.8. The lowest BCUT2D eigenvalue weighted by Gasteiger charge is -2.27. The molecule has 0 saturated heterocycles. The van der Waals surface area contributed by atoms with Crippen LogP contribution in [0.4, 0.5) is 17.6 Å². The summed E-state index contributed by atoms with van der Waals surface area (Å²) in [4.78, 5) is 13.2. The molecule has 1 aliphatic heterocycles. The summed E-state index contributed by atoms with van der Waals surface area (Å²) in [6.45, 7) is 1.73. The van der Waals surface area contributed by atoms with Crippen LogP contribution >= 0.6 is 0 Å². The van der Waals surface area contributed by atoms with Crippen molar-refractivity contribution in [2.45, 2.75) is 32.1 Å². The van der Waals surface area contributed by atoms with Crippen LogP contribution in [0.15, 0.2) is 24.4 Å². The molecule has 27 heavy (non-hydrogen) atoms. The lowest BCUT2D eigenvalue weighted by atomic mass is 9.99. The van der Waals surface area contributed by atoms with E-state index in [0.717, 1.165) is 12.6 Å². The van der Waals surface area contributed by atoms with E-state index in [4.69, 9.17) is 0 Å². The van der Waals surface area contributed by atoms with Crippen molar-refractivity contribution < 1.29 is 17.6 Å². The third-order valence-corrected chi connectivity index (χ3v) is 4.88. The quantitative estimate of drug-likeness (QED) is 0.703. The van der Waals surface area contributed by atoms with E-state index < -0.39 is 11.9 Å². The van der Waals surface area contributed by atoms with E-state index in [-0.39, 0.29) is 11.7 Å². The molecule has 0 unspecified atom stereocenters. The minimum Gasteiger partial charge on any atom is -0.341 e.